The average molecular weight is 318 g/mol. The predicted molar refractivity (Wildman–Crippen MR) is 72.3 cm³/mol. The van der Waals surface area contributed by atoms with E-state index in [0.29, 0.717) is 10.6 Å². The summed E-state index contributed by atoms with van der Waals surface area (Å²) in [5.74, 6) is -0.551. The minimum atomic E-state index is -4.35. The minimum Gasteiger partial charge on any atom is -0.477 e. The fraction of sp³-hybridized carbons (Fsp3) is 0.154. The van der Waals surface area contributed by atoms with Gasteiger partial charge in [0.2, 0.25) is 0 Å². The van der Waals surface area contributed by atoms with Gasteiger partial charge in [-0.3, -0.25) is 0 Å². The maximum Gasteiger partial charge on any atom is 0.416 e. The molecule has 0 radical (unpaired) electrons. The molecule has 0 unspecified atom stereocenters. The summed E-state index contributed by atoms with van der Waals surface area (Å²) in [7, 11) is 0. The largest absolute Gasteiger partial charge is 0.477 e. The Labute approximate surface area is 121 Å². The lowest BCUT2D eigenvalue weighted by molar-refractivity contribution is -0.137. The number of alkyl halides is 3. The molecule has 2 nitrogen and oxygen atoms in total. The van der Waals surface area contributed by atoms with Gasteiger partial charge in [-0.1, -0.05) is 6.07 Å². The first kappa shape index (κ1) is 14.9. The highest BCUT2D eigenvalue weighted by Gasteiger charge is 2.30. The molecule has 7 heteroatoms. The molecule has 2 rings (SSSR count). The normalized spacial score (nSPS) is 11.6. The zero-order valence-electron chi connectivity index (χ0n) is 9.98. The fourth-order valence-electron chi connectivity index (χ4n) is 1.49. The van der Waals surface area contributed by atoms with Crippen molar-refractivity contribution in [1.29, 1.82) is 0 Å². The summed E-state index contributed by atoms with van der Waals surface area (Å²) in [5.41, 5.74) is -0.681. The first-order valence-electron chi connectivity index (χ1n) is 5.48. The lowest BCUT2D eigenvalue weighted by Gasteiger charge is -2.08. The Morgan fingerprint density at radius 1 is 1.25 bits per heavy atom. The number of thiophene rings is 1. The quantitative estimate of drug-likeness (QED) is 0.826. The summed E-state index contributed by atoms with van der Waals surface area (Å²) in [5, 5.41) is 8.79. The zero-order chi connectivity index (χ0) is 14.8. The molecule has 2 aromatic rings. The van der Waals surface area contributed by atoms with Crippen molar-refractivity contribution < 1.29 is 23.1 Å². The molecule has 0 aliphatic heterocycles. The molecule has 1 aromatic heterocycles. The van der Waals surface area contributed by atoms with Crippen LogP contribution >= 0.6 is 23.1 Å². The molecule has 0 saturated carbocycles. The summed E-state index contributed by atoms with van der Waals surface area (Å²) in [6, 6.07) is 8.26. The van der Waals surface area contributed by atoms with Crippen molar-refractivity contribution in [2.45, 2.75) is 16.8 Å². The summed E-state index contributed by atoms with van der Waals surface area (Å²) in [6.45, 7) is 0. The molecule has 1 N–H and O–H groups in total. The molecule has 0 aliphatic carbocycles. The van der Waals surface area contributed by atoms with Gasteiger partial charge in [-0.15, -0.1) is 23.1 Å². The fourth-order valence-corrected chi connectivity index (χ4v) is 3.33. The van der Waals surface area contributed by atoms with E-state index >= 15 is 0 Å². The van der Waals surface area contributed by atoms with Gasteiger partial charge in [-0.05, 0) is 30.3 Å². The van der Waals surface area contributed by atoms with Crippen LogP contribution in [0.2, 0.25) is 0 Å². The standard InChI is InChI=1S/C13H9F3O2S2/c14-13(15,16)8-2-1-3-9(6-8)19-7-10-4-5-11(20-10)12(17)18/h1-6H,7H2,(H,17,18). The molecule has 1 heterocycles. The molecule has 0 amide bonds. The van der Waals surface area contributed by atoms with Gasteiger partial charge in [-0.2, -0.15) is 13.2 Å². The van der Waals surface area contributed by atoms with Crippen molar-refractivity contribution in [1.82, 2.24) is 0 Å². The van der Waals surface area contributed by atoms with E-state index in [1.807, 2.05) is 0 Å². The Bertz CT molecular complexity index is 620. The molecule has 0 atom stereocenters. The van der Waals surface area contributed by atoms with Crippen molar-refractivity contribution in [3.8, 4) is 0 Å². The van der Waals surface area contributed by atoms with E-state index in [1.54, 1.807) is 12.1 Å². The molecule has 20 heavy (non-hydrogen) atoms. The van der Waals surface area contributed by atoms with Crippen LogP contribution in [-0.4, -0.2) is 11.1 Å². The number of thioether (sulfide) groups is 1. The van der Waals surface area contributed by atoms with Gasteiger partial charge in [0, 0.05) is 15.5 Å². The Kier molecular flexibility index (Phi) is 4.39. The van der Waals surface area contributed by atoms with Gasteiger partial charge >= 0.3 is 12.1 Å². The van der Waals surface area contributed by atoms with Crippen molar-refractivity contribution in [2.75, 3.05) is 0 Å². The number of aromatic carboxylic acids is 1. The van der Waals surface area contributed by atoms with Crippen molar-refractivity contribution in [3.63, 3.8) is 0 Å². The summed E-state index contributed by atoms with van der Waals surface area (Å²) in [4.78, 5) is 12.3. The third-order valence-electron chi connectivity index (χ3n) is 2.41. The number of rotatable bonds is 4. The van der Waals surface area contributed by atoms with Crippen LogP contribution in [0.3, 0.4) is 0 Å². The highest BCUT2D eigenvalue weighted by molar-refractivity contribution is 7.98. The number of halogens is 3. The molecule has 106 valence electrons. The van der Waals surface area contributed by atoms with Gasteiger partial charge < -0.3 is 5.11 Å². The smallest absolute Gasteiger partial charge is 0.416 e. The molecule has 0 spiro atoms. The van der Waals surface area contributed by atoms with Crippen LogP contribution in [0.1, 0.15) is 20.1 Å². The lowest BCUT2D eigenvalue weighted by atomic mass is 10.2. The molecular weight excluding hydrogens is 309 g/mol. The van der Waals surface area contributed by atoms with Crippen LogP contribution < -0.4 is 0 Å². The number of carboxylic acids is 1. The SMILES string of the molecule is O=C(O)c1ccc(CSc2cccc(C(F)(F)F)c2)s1. The first-order chi connectivity index (χ1) is 9.36. The van der Waals surface area contributed by atoms with E-state index < -0.39 is 17.7 Å². The van der Waals surface area contributed by atoms with Crippen LogP contribution in [0.5, 0.6) is 0 Å². The van der Waals surface area contributed by atoms with Crippen LogP contribution in [-0.2, 0) is 11.9 Å². The Morgan fingerprint density at radius 2 is 2.00 bits per heavy atom. The van der Waals surface area contributed by atoms with Crippen LogP contribution in [0.15, 0.2) is 41.3 Å². The predicted octanol–water partition coefficient (Wildman–Crippen LogP) is 4.76. The molecule has 0 aliphatic rings. The van der Waals surface area contributed by atoms with Crippen LogP contribution in [0.25, 0.3) is 0 Å². The second kappa shape index (κ2) is 5.88. The van der Waals surface area contributed by atoms with E-state index in [9.17, 15) is 18.0 Å². The number of hydrogen-bond acceptors (Lipinski definition) is 3. The number of carbonyl (C=O) groups is 1. The van der Waals surface area contributed by atoms with Crippen molar-refractivity contribution in [2.24, 2.45) is 0 Å². The summed E-state index contributed by atoms with van der Waals surface area (Å²) < 4.78 is 37.7. The van der Waals surface area contributed by atoms with Gasteiger partial charge in [0.05, 0.1) is 5.56 Å². The van der Waals surface area contributed by atoms with Crippen molar-refractivity contribution in [3.05, 3.63) is 51.7 Å². The Morgan fingerprint density at radius 3 is 2.60 bits per heavy atom. The summed E-state index contributed by atoms with van der Waals surface area (Å²) >= 11 is 2.37. The van der Waals surface area contributed by atoms with E-state index in [-0.39, 0.29) is 4.88 Å². The second-order valence-corrected chi connectivity index (χ2v) is 6.10. The topological polar surface area (TPSA) is 37.3 Å². The highest BCUT2D eigenvalue weighted by atomic mass is 32.2. The third-order valence-corrected chi connectivity index (χ3v) is 4.71. The monoisotopic (exact) mass is 318 g/mol. The highest BCUT2D eigenvalue weighted by Crippen LogP contribution is 2.33. The van der Waals surface area contributed by atoms with Gasteiger partial charge in [0.25, 0.3) is 0 Å². The lowest BCUT2D eigenvalue weighted by Crippen LogP contribution is -2.04. The van der Waals surface area contributed by atoms with Gasteiger partial charge in [-0.25, -0.2) is 4.79 Å². The first-order valence-corrected chi connectivity index (χ1v) is 7.28. The van der Waals surface area contributed by atoms with E-state index in [4.69, 9.17) is 5.11 Å². The zero-order valence-corrected chi connectivity index (χ0v) is 11.6. The molecular formula is C13H9F3O2S2. The van der Waals surface area contributed by atoms with E-state index in [1.165, 1.54) is 23.9 Å². The Balaban J connectivity index is 2.05. The second-order valence-electron chi connectivity index (χ2n) is 3.89. The van der Waals surface area contributed by atoms with Crippen LogP contribution in [0.4, 0.5) is 13.2 Å². The average Bonchev–Trinajstić information content (AvgIpc) is 2.85. The summed E-state index contributed by atoms with van der Waals surface area (Å²) in [6.07, 6.45) is -4.35. The van der Waals surface area contributed by atoms with Gasteiger partial charge in [0.1, 0.15) is 4.88 Å². The Hall–Kier alpha value is -1.47. The van der Waals surface area contributed by atoms with E-state index in [0.717, 1.165) is 28.3 Å². The van der Waals surface area contributed by atoms with E-state index in [2.05, 4.69) is 0 Å². The van der Waals surface area contributed by atoms with Crippen molar-refractivity contribution >= 4 is 29.1 Å². The van der Waals surface area contributed by atoms with Gasteiger partial charge in [0.15, 0.2) is 0 Å². The molecule has 0 bridgehead atoms. The number of benzene rings is 1. The molecule has 0 fully saturated rings. The molecule has 0 saturated heterocycles. The van der Waals surface area contributed by atoms with Crippen LogP contribution in [0, 0.1) is 0 Å². The molecule has 1 aromatic carbocycles. The number of hydrogen-bond donors (Lipinski definition) is 1. The minimum absolute atomic E-state index is 0.227. The maximum atomic E-state index is 12.6. The number of carboxylic acid groups (broad SMARTS) is 1. The third kappa shape index (κ3) is 3.77. The maximum absolute atomic E-state index is 12.6.